The van der Waals surface area contributed by atoms with Crippen LogP contribution in [0, 0.1) is 11.8 Å². The van der Waals surface area contributed by atoms with Crippen LogP contribution in [0.4, 0.5) is 0 Å². The predicted molar refractivity (Wildman–Crippen MR) is 69.9 cm³/mol. The second-order valence-electron chi connectivity index (χ2n) is 4.85. The van der Waals surface area contributed by atoms with E-state index in [2.05, 4.69) is 24.1 Å². The normalized spacial score (nSPS) is 26.4. The summed E-state index contributed by atoms with van der Waals surface area (Å²) in [6.07, 6.45) is 2.26. The smallest absolute Gasteiger partial charge is 0.226 e. The number of likely N-dealkylation sites (tertiary alicyclic amines) is 1. The zero-order chi connectivity index (χ0) is 11.4. The van der Waals surface area contributed by atoms with E-state index in [9.17, 15) is 4.79 Å². The molecule has 1 fully saturated rings. The van der Waals surface area contributed by atoms with Crippen LogP contribution in [0.3, 0.4) is 0 Å². The van der Waals surface area contributed by atoms with E-state index < -0.39 is 0 Å². The highest BCUT2D eigenvalue weighted by atomic mass is 35.5. The van der Waals surface area contributed by atoms with Gasteiger partial charge >= 0.3 is 0 Å². The van der Waals surface area contributed by atoms with Crippen LogP contribution in [-0.4, -0.2) is 37.0 Å². The quantitative estimate of drug-likeness (QED) is 0.825. The van der Waals surface area contributed by atoms with Crippen LogP contribution < -0.4 is 5.32 Å². The first kappa shape index (κ1) is 15.7. The molecule has 0 aliphatic carbocycles. The highest BCUT2D eigenvalue weighted by molar-refractivity contribution is 5.85. The molecule has 1 heterocycles. The van der Waals surface area contributed by atoms with Crippen molar-refractivity contribution in [3.05, 3.63) is 0 Å². The highest BCUT2D eigenvalue weighted by Crippen LogP contribution is 2.26. The standard InChI is InChI=1S/C12H24N2O.ClH/c1-5-11-6-9(2)8-14(11)12(15)10(3)7-13-4;/h9-11,13H,5-8H2,1-4H3;1H. The number of nitrogens with zero attached hydrogens (tertiary/aromatic N) is 1. The van der Waals surface area contributed by atoms with Crippen LogP contribution in [0.5, 0.6) is 0 Å². The van der Waals surface area contributed by atoms with Gasteiger partial charge in [0, 0.05) is 25.0 Å². The monoisotopic (exact) mass is 248 g/mol. The van der Waals surface area contributed by atoms with Gasteiger partial charge in [-0.3, -0.25) is 4.79 Å². The van der Waals surface area contributed by atoms with Gasteiger partial charge in [0.2, 0.25) is 5.91 Å². The molecule has 1 saturated heterocycles. The average molecular weight is 249 g/mol. The van der Waals surface area contributed by atoms with Crippen molar-refractivity contribution in [3.8, 4) is 0 Å². The Morgan fingerprint density at radius 2 is 2.19 bits per heavy atom. The van der Waals surface area contributed by atoms with Gasteiger partial charge in [-0.05, 0) is 25.8 Å². The fourth-order valence-corrected chi connectivity index (χ4v) is 2.48. The molecule has 0 saturated carbocycles. The number of nitrogens with one attached hydrogen (secondary N) is 1. The molecule has 96 valence electrons. The lowest BCUT2D eigenvalue weighted by Gasteiger charge is -2.26. The number of rotatable bonds is 4. The Hall–Kier alpha value is -0.280. The third-order valence-electron chi connectivity index (χ3n) is 3.31. The van der Waals surface area contributed by atoms with Crippen molar-refractivity contribution in [1.82, 2.24) is 10.2 Å². The molecule has 0 spiro atoms. The van der Waals surface area contributed by atoms with Gasteiger partial charge in [-0.25, -0.2) is 0 Å². The lowest BCUT2D eigenvalue weighted by atomic mass is 10.1. The van der Waals surface area contributed by atoms with Gasteiger partial charge in [0.05, 0.1) is 0 Å². The van der Waals surface area contributed by atoms with Gasteiger partial charge < -0.3 is 10.2 Å². The van der Waals surface area contributed by atoms with Crippen LogP contribution in [0.15, 0.2) is 0 Å². The van der Waals surface area contributed by atoms with E-state index in [1.165, 1.54) is 6.42 Å². The van der Waals surface area contributed by atoms with E-state index in [0.29, 0.717) is 17.9 Å². The third kappa shape index (κ3) is 3.63. The van der Waals surface area contributed by atoms with Crippen molar-refractivity contribution in [2.75, 3.05) is 20.1 Å². The van der Waals surface area contributed by atoms with E-state index in [1.54, 1.807) is 0 Å². The molecule has 1 aliphatic rings. The molecule has 0 aromatic rings. The highest BCUT2D eigenvalue weighted by Gasteiger charge is 2.33. The fourth-order valence-electron chi connectivity index (χ4n) is 2.48. The first-order chi connectivity index (χ1) is 7.10. The van der Waals surface area contributed by atoms with Gasteiger partial charge in [0.25, 0.3) is 0 Å². The Kier molecular flexibility index (Phi) is 7.00. The van der Waals surface area contributed by atoms with Crippen molar-refractivity contribution < 1.29 is 4.79 Å². The minimum Gasteiger partial charge on any atom is -0.339 e. The molecule has 1 amide bonds. The Morgan fingerprint density at radius 1 is 1.56 bits per heavy atom. The number of halogens is 1. The number of hydrogen-bond donors (Lipinski definition) is 1. The lowest BCUT2D eigenvalue weighted by Crippen LogP contribution is -2.41. The molecule has 0 aromatic carbocycles. The SMILES string of the molecule is CCC1CC(C)CN1C(=O)C(C)CNC.Cl. The Morgan fingerprint density at radius 3 is 2.69 bits per heavy atom. The maximum absolute atomic E-state index is 12.1. The van der Waals surface area contributed by atoms with Crippen molar-refractivity contribution in [3.63, 3.8) is 0 Å². The first-order valence-corrected chi connectivity index (χ1v) is 6.05. The number of hydrogen-bond acceptors (Lipinski definition) is 2. The maximum Gasteiger partial charge on any atom is 0.226 e. The van der Waals surface area contributed by atoms with Crippen LogP contribution in [0.25, 0.3) is 0 Å². The Balaban J connectivity index is 0.00000225. The Bertz CT molecular complexity index is 223. The van der Waals surface area contributed by atoms with Crippen LogP contribution in [0.2, 0.25) is 0 Å². The fraction of sp³-hybridized carbons (Fsp3) is 0.917. The molecule has 1 N–H and O–H groups in total. The summed E-state index contributed by atoms with van der Waals surface area (Å²) < 4.78 is 0. The largest absolute Gasteiger partial charge is 0.339 e. The zero-order valence-electron chi connectivity index (χ0n) is 10.8. The summed E-state index contributed by atoms with van der Waals surface area (Å²) in [5.41, 5.74) is 0. The van der Waals surface area contributed by atoms with Crippen molar-refractivity contribution in [1.29, 1.82) is 0 Å². The number of carbonyl (C=O) groups excluding carboxylic acids is 1. The lowest BCUT2D eigenvalue weighted by molar-refractivity contribution is -0.135. The molecule has 3 nitrogen and oxygen atoms in total. The van der Waals surface area contributed by atoms with E-state index in [4.69, 9.17) is 0 Å². The minimum atomic E-state index is 0. The summed E-state index contributed by atoms with van der Waals surface area (Å²) in [6, 6.07) is 0.479. The van der Waals surface area contributed by atoms with Gasteiger partial charge in [-0.15, -0.1) is 12.4 Å². The molecule has 16 heavy (non-hydrogen) atoms. The maximum atomic E-state index is 12.1. The summed E-state index contributed by atoms with van der Waals surface area (Å²) in [5, 5.41) is 3.07. The number of amides is 1. The molecular formula is C12H25ClN2O. The molecule has 0 aromatic heterocycles. The van der Waals surface area contributed by atoms with Crippen LogP contribution in [0.1, 0.15) is 33.6 Å². The van der Waals surface area contributed by atoms with Gasteiger partial charge in [0.15, 0.2) is 0 Å². The summed E-state index contributed by atoms with van der Waals surface area (Å²) in [6.45, 7) is 8.14. The van der Waals surface area contributed by atoms with Crippen molar-refractivity contribution in [2.45, 2.75) is 39.7 Å². The molecule has 1 aliphatic heterocycles. The second kappa shape index (κ2) is 7.13. The van der Waals surface area contributed by atoms with Crippen LogP contribution in [-0.2, 0) is 4.79 Å². The molecule has 0 bridgehead atoms. The summed E-state index contributed by atoms with van der Waals surface area (Å²) in [4.78, 5) is 14.2. The molecule has 4 heteroatoms. The summed E-state index contributed by atoms with van der Waals surface area (Å²) in [7, 11) is 1.90. The predicted octanol–water partition coefficient (Wildman–Crippen LogP) is 1.91. The van der Waals surface area contributed by atoms with E-state index >= 15 is 0 Å². The van der Waals surface area contributed by atoms with E-state index in [0.717, 1.165) is 19.5 Å². The summed E-state index contributed by atoms with van der Waals surface area (Å²) >= 11 is 0. The summed E-state index contributed by atoms with van der Waals surface area (Å²) in [5.74, 6) is 1.09. The van der Waals surface area contributed by atoms with Gasteiger partial charge in [-0.1, -0.05) is 20.8 Å². The molecule has 3 unspecified atom stereocenters. The number of carbonyl (C=O) groups is 1. The third-order valence-corrected chi connectivity index (χ3v) is 3.31. The van der Waals surface area contributed by atoms with Crippen LogP contribution >= 0.6 is 12.4 Å². The van der Waals surface area contributed by atoms with Gasteiger partial charge in [-0.2, -0.15) is 0 Å². The van der Waals surface area contributed by atoms with E-state index in [-0.39, 0.29) is 18.3 Å². The Labute approximate surface area is 105 Å². The van der Waals surface area contributed by atoms with E-state index in [1.807, 2.05) is 14.0 Å². The van der Waals surface area contributed by atoms with Crippen molar-refractivity contribution >= 4 is 18.3 Å². The molecular weight excluding hydrogens is 224 g/mol. The average Bonchev–Trinajstić information content (AvgIpc) is 2.58. The zero-order valence-corrected chi connectivity index (χ0v) is 11.6. The van der Waals surface area contributed by atoms with Gasteiger partial charge in [0.1, 0.15) is 0 Å². The minimum absolute atomic E-state index is 0. The molecule has 0 radical (unpaired) electrons. The molecule has 3 atom stereocenters. The topological polar surface area (TPSA) is 32.3 Å². The first-order valence-electron chi connectivity index (χ1n) is 6.05. The second-order valence-corrected chi connectivity index (χ2v) is 4.85. The molecule has 1 rings (SSSR count). The van der Waals surface area contributed by atoms with Crippen molar-refractivity contribution in [2.24, 2.45) is 11.8 Å².